The Morgan fingerprint density at radius 3 is 2.50 bits per heavy atom. The predicted molar refractivity (Wildman–Crippen MR) is 120 cm³/mol. The van der Waals surface area contributed by atoms with Crippen LogP contribution >= 0.6 is 0 Å². The number of aliphatic hydroxyl groups excluding tert-OH is 1. The number of rotatable bonds is 6. The summed E-state index contributed by atoms with van der Waals surface area (Å²) >= 11 is 0. The van der Waals surface area contributed by atoms with E-state index in [2.05, 4.69) is 0 Å². The summed E-state index contributed by atoms with van der Waals surface area (Å²) in [6, 6.07) is 15.6. The number of furan rings is 1. The van der Waals surface area contributed by atoms with Gasteiger partial charge in [0.15, 0.2) is 0 Å². The van der Waals surface area contributed by atoms with Gasteiger partial charge >= 0.3 is 0 Å². The molecule has 1 saturated heterocycles. The highest BCUT2D eigenvalue weighted by Gasteiger charge is 2.47. The smallest absolute Gasteiger partial charge is 0.296 e. The lowest BCUT2D eigenvalue weighted by Gasteiger charge is -2.23. The van der Waals surface area contributed by atoms with Crippen LogP contribution in [0.2, 0.25) is 0 Å². The second kappa shape index (κ2) is 8.75. The van der Waals surface area contributed by atoms with E-state index < -0.39 is 17.7 Å². The first-order chi connectivity index (χ1) is 15.4. The zero-order chi connectivity index (χ0) is 22.8. The molecular formula is C26H25NO5. The average molecular weight is 431 g/mol. The van der Waals surface area contributed by atoms with Crippen LogP contribution < -0.4 is 4.74 Å². The highest BCUT2D eigenvalue weighted by Crippen LogP contribution is 2.41. The number of benzene rings is 2. The molecule has 1 aromatic heterocycles. The molecule has 2 heterocycles. The van der Waals surface area contributed by atoms with E-state index in [1.165, 1.54) is 11.2 Å². The van der Waals surface area contributed by atoms with Gasteiger partial charge in [0.2, 0.25) is 0 Å². The van der Waals surface area contributed by atoms with Crippen LogP contribution in [0.5, 0.6) is 5.75 Å². The summed E-state index contributed by atoms with van der Waals surface area (Å²) in [7, 11) is 0. The van der Waals surface area contributed by atoms with E-state index in [0.29, 0.717) is 17.9 Å². The summed E-state index contributed by atoms with van der Waals surface area (Å²) in [4.78, 5) is 27.6. The Morgan fingerprint density at radius 1 is 1.09 bits per heavy atom. The summed E-state index contributed by atoms with van der Waals surface area (Å²) in [5.41, 5.74) is 3.14. The minimum absolute atomic E-state index is 0.0320. The summed E-state index contributed by atoms with van der Waals surface area (Å²) in [5.74, 6) is -0.444. The van der Waals surface area contributed by atoms with Crippen LogP contribution in [0.25, 0.3) is 5.76 Å². The molecular weight excluding hydrogens is 406 g/mol. The van der Waals surface area contributed by atoms with Crippen molar-refractivity contribution in [2.24, 2.45) is 0 Å². The van der Waals surface area contributed by atoms with Crippen LogP contribution in [0, 0.1) is 13.8 Å². The molecule has 2 aromatic carbocycles. The Labute approximate surface area is 186 Å². The molecule has 3 aromatic rings. The molecule has 1 fully saturated rings. The molecule has 1 unspecified atom stereocenters. The number of amides is 1. The molecule has 32 heavy (non-hydrogen) atoms. The Morgan fingerprint density at radius 2 is 1.84 bits per heavy atom. The minimum Gasteiger partial charge on any atom is -0.507 e. The molecule has 1 atom stereocenters. The van der Waals surface area contributed by atoms with Gasteiger partial charge in [-0.15, -0.1) is 0 Å². The second-order valence-electron chi connectivity index (χ2n) is 7.84. The van der Waals surface area contributed by atoms with Gasteiger partial charge in [-0.25, -0.2) is 0 Å². The van der Waals surface area contributed by atoms with Gasteiger partial charge in [0.05, 0.1) is 18.4 Å². The molecule has 1 aliphatic heterocycles. The van der Waals surface area contributed by atoms with E-state index in [1.807, 2.05) is 63.2 Å². The number of aryl methyl sites for hydroxylation is 2. The zero-order valence-corrected chi connectivity index (χ0v) is 18.3. The lowest BCUT2D eigenvalue weighted by atomic mass is 9.96. The molecule has 0 aliphatic carbocycles. The first-order valence-corrected chi connectivity index (χ1v) is 10.5. The van der Waals surface area contributed by atoms with Crippen molar-refractivity contribution in [3.05, 3.63) is 94.4 Å². The maximum absolute atomic E-state index is 13.1. The molecule has 1 amide bonds. The fraction of sp³-hybridized carbons (Fsp3) is 0.231. The van der Waals surface area contributed by atoms with Gasteiger partial charge < -0.3 is 19.2 Å². The van der Waals surface area contributed by atoms with E-state index in [4.69, 9.17) is 9.15 Å². The Balaban J connectivity index is 1.78. The molecule has 164 valence electrons. The minimum atomic E-state index is -0.823. The number of ether oxygens (including phenoxy) is 1. The summed E-state index contributed by atoms with van der Waals surface area (Å²) in [5, 5.41) is 11.2. The monoisotopic (exact) mass is 431 g/mol. The van der Waals surface area contributed by atoms with Crippen molar-refractivity contribution in [1.29, 1.82) is 0 Å². The predicted octanol–water partition coefficient (Wildman–Crippen LogP) is 4.92. The number of carbonyl (C=O) groups is 2. The van der Waals surface area contributed by atoms with E-state index in [1.54, 1.807) is 12.1 Å². The zero-order valence-electron chi connectivity index (χ0n) is 18.3. The third-order valence-corrected chi connectivity index (χ3v) is 5.59. The summed E-state index contributed by atoms with van der Waals surface area (Å²) in [6.45, 7) is 6.42. The average Bonchev–Trinajstić information content (AvgIpc) is 3.39. The number of hydrogen-bond acceptors (Lipinski definition) is 5. The molecule has 0 saturated carbocycles. The van der Waals surface area contributed by atoms with Gasteiger partial charge in [0.1, 0.15) is 23.3 Å². The number of aliphatic hydroxyl groups is 1. The lowest BCUT2D eigenvalue weighted by molar-refractivity contribution is -0.140. The van der Waals surface area contributed by atoms with Crippen molar-refractivity contribution in [3.63, 3.8) is 0 Å². The van der Waals surface area contributed by atoms with E-state index in [0.717, 1.165) is 22.4 Å². The third kappa shape index (κ3) is 3.91. The topological polar surface area (TPSA) is 80.0 Å². The van der Waals surface area contributed by atoms with Crippen molar-refractivity contribution in [3.8, 4) is 5.75 Å². The van der Waals surface area contributed by atoms with Crippen molar-refractivity contribution < 1.29 is 23.8 Å². The Bertz CT molecular complexity index is 1180. The maximum Gasteiger partial charge on any atom is 0.296 e. The SMILES string of the molecule is CCOc1ccc(CN2C(=O)C(=O)/C(=C(\O)c3cc(C)ccc3C)C2c2ccco2)cc1. The first-order valence-electron chi connectivity index (χ1n) is 10.5. The van der Waals surface area contributed by atoms with Gasteiger partial charge in [0, 0.05) is 12.1 Å². The number of likely N-dealkylation sites (tertiary alicyclic amines) is 1. The van der Waals surface area contributed by atoms with E-state index in [9.17, 15) is 14.7 Å². The maximum atomic E-state index is 13.1. The highest BCUT2D eigenvalue weighted by atomic mass is 16.5. The molecule has 0 radical (unpaired) electrons. The second-order valence-corrected chi connectivity index (χ2v) is 7.84. The van der Waals surface area contributed by atoms with Gasteiger partial charge in [-0.1, -0.05) is 29.8 Å². The van der Waals surface area contributed by atoms with E-state index >= 15 is 0 Å². The number of nitrogens with zero attached hydrogens (tertiary/aromatic N) is 1. The van der Waals surface area contributed by atoms with Crippen LogP contribution in [-0.2, 0) is 16.1 Å². The number of Topliss-reactive ketones (excluding diaryl/α,β-unsaturated/α-hetero) is 1. The van der Waals surface area contributed by atoms with Crippen LogP contribution in [0.4, 0.5) is 0 Å². The fourth-order valence-corrected chi connectivity index (χ4v) is 3.98. The standard InChI is InChI=1S/C26H25NO5/c1-4-31-19-11-9-18(10-12-19)15-27-23(21-6-5-13-32-21)22(25(29)26(27)30)24(28)20-14-16(2)7-8-17(20)3/h5-14,23,28H,4,15H2,1-3H3/b24-22-. The summed E-state index contributed by atoms with van der Waals surface area (Å²) in [6.07, 6.45) is 1.49. The highest BCUT2D eigenvalue weighted by molar-refractivity contribution is 6.46. The first kappa shape index (κ1) is 21.4. The van der Waals surface area contributed by atoms with Crippen LogP contribution in [0.15, 0.2) is 70.9 Å². The lowest BCUT2D eigenvalue weighted by Crippen LogP contribution is -2.29. The Hall–Kier alpha value is -3.80. The molecule has 0 spiro atoms. The third-order valence-electron chi connectivity index (χ3n) is 5.59. The van der Waals surface area contributed by atoms with Crippen molar-refractivity contribution in [2.45, 2.75) is 33.4 Å². The molecule has 0 bridgehead atoms. The number of hydrogen-bond donors (Lipinski definition) is 1. The molecule has 1 N–H and O–H groups in total. The number of carbonyl (C=O) groups excluding carboxylic acids is 2. The normalized spacial score (nSPS) is 17.7. The molecule has 1 aliphatic rings. The van der Waals surface area contributed by atoms with Gasteiger partial charge in [-0.05, 0) is 62.2 Å². The van der Waals surface area contributed by atoms with Crippen molar-refractivity contribution in [1.82, 2.24) is 4.90 Å². The Kier molecular flexibility index (Phi) is 5.86. The quantitative estimate of drug-likeness (QED) is 0.341. The molecule has 6 nitrogen and oxygen atoms in total. The summed E-state index contributed by atoms with van der Waals surface area (Å²) < 4.78 is 11.1. The number of ketones is 1. The fourth-order valence-electron chi connectivity index (χ4n) is 3.98. The van der Waals surface area contributed by atoms with E-state index in [-0.39, 0.29) is 17.9 Å². The van der Waals surface area contributed by atoms with Crippen molar-refractivity contribution in [2.75, 3.05) is 6.61 Å². The molecule has 4 rings (SSSR count). The van der Waals surface area contributed by atoms with Crippen LogP contribution in [0.3, 0.4) is 0 Å². The van der Waals surface area contributed by atoms with Gasteiger partial charge in [-0.3, -0.25) is 9.59 Å². The molecule has 6 heteroatoms. The van der Waals surface area contributed by atoms with Crippen LogP contribution in [-0.4, -0.2) is 28.3 Å². The van der Waals surface area contributed by atoms with Crippen LogP contribution in [0.1, 0.15) is 41.0 Å². The van der Waals surface area contributed by atoms with Crippen molar-refractivity contribution >= 4 is 17.4 Å². The largest absolute Gasteiger partial charge is 0.507 e. The van der Waals surface area contributed by atoms with Gasteiger partial charge in [0.25, 0.3) is 11.7 Å². The van der Waals surface area contributed by atoms with Gasteiger partial charge in [-0.2, -0.15) is 0 Å².